The number of rotatable bonds is 8. The van der Waals surface area contributed by atoms with E-state index in [9.17, 15) is 4.57 Å². The minimum atomic E-state index is -3.57. The average Bonchev–Trinajstić information content (AvgIpc) is 2.24. The predicted octanol–water partition coefficient (Wildman–Crippen LogP) is 2.21. The molecular weight excluding hydrogens is 215 g/mol. The van der Waals surface area contributed by atoms with Crippen LogP contribution in [0.4, 0.5) is 0 Å². The van der Waals surface area contributed by atoms with Crippen LogP contribution in [-0.2, 0) is 18.1 Å². The van der Waals surface area contributed by atoms with Gasteiger partial charge in [0.25, 0.3) is 0 Å². The Kier molecular flexibility index (Phi) is 8.09. The van der Waals surface area contributed by atoms with Crippen molar-refractivity contribution in [2.75, 3.05) is 19.8 Å². The minimum absolute atomic E-state index is 0.131. The monoisotopic (exact) mass is 230 g/mol. The van der Waals surface area contributed by atoms with Crippen LogP contribution in [0.1, 0.15) is 19.8 Å². The Balaban J connectivity index is 4.10. The Hall–Kier alpha value is -0.770. The van der Waals surface area contributed by atoms with Gasteiger partial charge in [0.1, 0.15) is 13.2 Å². The summed E-state index contributed by atoms with van der Waals surface area (Å²) >= 11 is 0. The maximum atomic E-state index is 11.7. The highest BCUT2D eigenvalue weighted by atomic mass is 31.2. The van der Waals surface area contributed by atoms with E-state index in [1.165, 1.54) is 0 Å². The molecule has 0 amide bonds. The van der Waals surface area contributed by atoms with E-state index < -0.39 is 7.82 Å². The van der Waals surface area contributed by atoms with E-state index in [4.69, 9.17) is 26.4 Å². The number of phosphoric acid groups is 1. The van der Waals surface area contributed by atoms with E-state index in [0.717, 1.165) is 12.8 Å². The van der Waals surface area contributed by atoms with Gasteiger partial charge in [0.15, 0.2) is 0 Å². The molecule has 0 heterocycles. The number of hydrogen-bond acceptors (Lipinski definition) is 4. The number of terminal acetylenes is 2. The smallest absolute Gasteiger partial charge is 0.287 e. The highest BCUT2D eigenvalue weighted by molar-refractivity contribution is 7.48. The second kappa shape index (κ2) is 8.53. The van der Waals surface area contributed by atoms with Crippen molar-refractivity contribution < 1.29 is 18.1 Å². The largest absolute Gasteiger partial charge is 0.476 e. The molecule has 15 heavy (non-hydrogen) atoms. The van der Waals surface area contributed by atoms with Gasteiger partial charge >= 0.3 is 7.82 Å². The fraction of sp³-hybridized carbons (Fsp3) is 0.600. The molecule has 0 aliphatic heterocycles. The first-order valence-corrected chi connectivity index (χ1v) is 6.05. The van der Waals surface area contributed by atoms with Crippen molar-refractivity contribution in [1.82, 2.24) is 0 Å². The molecule has 4 nitrogen and oxygen atoms in total. The molecule has 0 fully saturated rings. The van der Waals surface area contributed by atoms with Gasteiger partial charge in [-0.3, -0.25) is 13.6 Å². The molecule has 5 heteroatoms. The summed E-state index contributed by atoms with van der Waals surface area (Å²) in [5, 5.41) is 0. The maximum absolute atomic E-state index is 11.7. The molecular formula is C10H15O4P. The van der Waals surface area contributed by atoms with Crippen LogP contribution in [0.5, 0.6) is 0 Å². The lowest BCUT2D eigenvalue weighted by Crippen LogP contribution is -2.02. The molecule has 0 unspecified atom stereocenters. The van der Waals surface area contributed by atoms with Crippen molar-refractivity contribution in [3.63, 3.8) is 0 Å². The first kappa shape index (κ1) is 14.2. The van der Waals surface area contributed by atoms with Crippen molar-refractivity contribution in [2.45, 2.75) is 19.8 Å². The standard InChI is InChI=1S/C10H15O4P/c1-4-7-10-14-15(11,12-8-5-2)13-9-6-3/h2-3H,4,7-10H2,1H3. The van der Waals surface area contributed by atoms with E-state index in [2.05, 4.69) is 11.8 Å². The lowest BCUT2D eigenvalue weighted by atomic mass is 10.4. The zero-order valence-electron chi connectivity index (χ0n) is 8.77. The Bertz CT molecular complexity index is 265. The summed E-state index contributed by atoms with van der Waals surface area (Å²) in [5.41, 5.74) is 0. The van der Waals surface area contributed by atoms with E-state index in [-0.39, 0.29) is 13.2 Å². The van der Waals surface area contributed by atoms with Gasteiger partial charge < -0.3 is 0 Å². The van der Waals surface area contributed by atoms with Crippen molar-refractivity contribution in [1.29, 1.82) is 0 Å². The molecule has 0 aliphatic carbocycles. The second-order valence-electron chi connectivity index (χ2n) is 2.59. The highest BCUT2D eigenvalue weighted by Crippen LogP contribution is 2.49. The third-order valence-corrected chi connectivity index (χ3v) is 2.75. The number of phosphoric ester groups is 1. The average molecular weight is 230 g/mol. The second-order valence-corrected chi connectivity index (χ2v) is 4.26. The Morgan fingerprint density at radius 2 is 1.67 bits per heavy atom. The lowest BCUT2D eigenvalue weighted by Gasteiger charge is -2.15. The zero-order valence-corrected chi connectivity index (χ0v) is 9.66. The third-order valence-electron chi connectivity index (χ3n) is 1.36. The molecule has 0 rings (SSSR count). The fourth-order valence-electron chi connectivity index (χ4n) is 0.665. The van der Waals surface area contributed by atoms with Crippen molar-refractivity contribution >= 4 is 7.82 Å². The van der Waals surface area contributed by atoms with Gasteiger partial charge in [-0.1, -0.05) is 25.2 Å². The molecule has 0 radical (unpaired) electrons. The van der Waals surface area contributed by atoms with Crippen LogP contribution in [0.2, 0.25) is 0 Å². The summed E-state index contributed by atoms with van der Waals surface area (Å²) in [6.07, 6.45) is 11.6. The molecule has 0 atom stereocenters. The molecule has 0 aliphatic rings. The number of hydrogen-bond donors (Lipinski definition) is 0. The van der Waals surface area contributed by atoms with Gasteiger partial charge in [-0.2, -0.15) is 0 Å². The highest BCUT2D eigenvalue weighted by Gasteiger charge is 2.25. The first-order valence-electron chi connectivity index (χ1n) is 4.59. The van der Waals surface area contributed by atoms with Crippen molar-refractivity contribution in [3.05, 3.63) is 0 Å². The van der Waals surface area contributed by atoms with E-state index in [1.807, 2.05) is 6.92 Å². The first-order chi connectivity index (χ1) is 7.18. The fourth-order valence-corrected chi connectivity index (χ4v) is 1.71. The van der Waals surface area contributed by atoms with Gasteiger partial charge in [-0.05, 0) is 6.42 Å². The Labute approximate surface area is 90.9 Å². The molecule has 0 saturated carbocycles. The van der Waals surface area contributed by atoms with E-state index in [0.29, 0.717) is 6.61 Å². The van der Waals surface area contributed by atoms with Crippen LogP contribution in [-0.4, -0.2) is 19.8 Å². The van der Waals surface area contributed by atoms with E-state index >= 15 is 0 Å². The SMILES string of the molecule is C#CCOP(=O)(OCC#C)OCCCC. The summed E-state index contributed by atoms with van der Waals surface area (Å²) in [5.74, 6) is 4.37. The third kappa shape index (κ3) is 7.19. The minimum Gasteiger partial charge on any atom is -0.287 e. The van der Waals surface area contributed by atoms with Crippen molar-refractivity contribution in [3.8, 4) is 24.7 Å². The van der Waals surface area contributed by atoms with Crippen LogP contribution in [0.15, 0.2) is 0 Å². The summed E-state index contributed by atoms with van der Waals surface area (Å²) < 4.78 is 26.4. The molecule has 84 valence electrons. The Morgan fingerprint density at radius 3 is 2.07 bits per heavy atom. The zero-order chi connectivity index (χ0) is 11.6. The molecule has 0 aromatic carbocycles. The Morgan fingerprint density at radius 1 is 1.13 bits per heavy atom. The lowest BCUT2D eigenvalue weighted by molar-refractivity contribution is 0.132. The molecule has 0 N–H and O–H groups in total. The van der Waals surface area contributed by atoms with E-state index in [1.54, 1.807) is 0 Å². The van der Waals surface area contributed by atoms with Gasteiger partial charge in [0, 0.05) is 0 Å². The van der Waals surface area contributed by atoms with Gasteiger partial charge in [0.05, 0.1) is 6.61 Å². The summed E-state index contributed by atoms with van der Waals surface area (Å²) in [6.45, 7) is 2.02. The maximum Gasteiger partial charge on any atom is 0.476 e. The topological polar surface area (TPSA) is 44.8 Å². The van der Waals surface area contributed by atoms with Crippen LogP contribution >= 0.6 is 7.82 Å². The van der Waals surface area contributed by atoms with Crippen LogP contribution in [0, 0.1) is 24.7 Å². The summed E-state index contributed by atoms with van der Waals surface area (Å²) in [7, 11) is -3.57. The van der Waals surface area contributed by atoms with Gasteiger partial charge in [-0.15, -0.1) is 12.8 Å². The number of unbranched alkanes of at least 4 members (excludes halogenated alkanes) is 1. The van der Waals surface area contributed by atoms with Gasteiger partial charge in [-0.25, -0.2) is 4.57 Å². The molecule has 0 aromatic rings. The quantitative estimate of drug-likeness (QED) is 0.364. The van der Waals surface area contributed by atoms with Gasteiger partial charge in [0.2, 0.25) is 0 Å². The summed E-state index contributed by atoms with van der Waals surface area (Å²) in [6, 6.07) is 0. The normalized spacial score (nSPS) is 10.6. The molecule has 0 spiro atoms. The molecule has 0 saturated heterocycles. The molecule has 0 aromatic heterocycles. The van der Waals surface area contributed by atoms with Crippen molar-refractivity contribution in [2.24, 2.45) is 0 Å². The van der Waals surface area contributed by atoms with Crippen LogP contribution in [0.3, 0.4) is 0 Å². The van der Waals surface area contributed by atoms with Crippen LogP contribution < -0.4 is 0 Å². The van der Waals surface area contributed by atoms with Crippen LogP contribution in [0.25, 0.3) is 0 Å². The predicted molar refractivity (Wildman–Crippen MR) is 58.0 cm³/mol. The summed E-state index contributed by atoms with van der Waals surface area (Å²) in [4.78, 5) is 0. The molecule has 0 bridgehead atoms.